The van der Waals surface area contributed by atoms with E-state index in [9.17, 15) is 0 Å². The molecule has 0 aromatic heterocycles. The predicted molar refractivity (Wildman–Crippen MR) is 76.7 cm³/mol. The van der Waals surface area contributed by atoms with E-state index in [1.807, 2.05) is 0 Å². The van der Waals surface area contributed by atoms with Crippen LogP contribution in [0.25, 0.3) is 0 Å². The van der Waals surface area contributed by atoms with E-state index >= 15 is 0 Å². The molecule has 5 rings (SSSR count). The lowest BCUT2D eigenvalue weighted by Crippen LogP contribution is -2.48. The van der Waals surface area contributed by atoms with Crippen molar-refractivity contribution in [3.63, 3.8) is 0 Å². The van der Waals surface area contributed by atoms with Gasteiger partial charge in [0.25, 0.3) is 0 Å². The van der Waals surface area contributed by atoms with E-state index in [2.05, 4.69) is 23.1 Å². The van der Waals surface area contributed by atoms with Crippen molar-refractivity contribution >= 4 is 0 Å². The molecule has 0 spiro atoms. The molecule has 0 amide bonds. The largest absolute Gasteiger partial charge is 0.493 e. The lowest BCUT2D eigenvalue weighted by molar-refractivity contribution is 0.0454. The second-order valence-electron chi connectivity index (χ2n) is 6.45. The maximum absolute atomic E-state index is 5.58. The summed E-state index contributed by atoms with van der Waals surface area (Å²) in [5.41, 5.74) is 2.93. The molecular formula is C17H23NO. The summed E-state index contributed by atoms with van der Waals surface area (Å²) < 4.78 is 5.58. The Bertz CT molecular complexity index is 462. The van der Waals surface area contributed by atoms with Crippen LogP contribution in [-0.2, 0) is 12.8 Å². The Kier molecular flexibility index (Phi) is 2.99. The van der Waals surface area contributed by atoms with E-state index in [0.29, 0.717) is 0 Å². The summed E-state index contributed by atoms with van der Waals surface area (Å²) in [6.45, 7) is 3.58. The molecule has 3 fully saturated rings. The number of fused-ring (bicyclic) bond motifs is 4. The second kappa shape index (κ2) is 4.82. The van der Waals surface area contributed by atoms with Gasteiger partial charge in [0, 0.05) is 12.5 Å². The standard InChI is InChI=1S/C17H23NO/c1(3-16-12-14-5-8-18(16)9-6-14)13-2-4-17-15(11-13)7-10-19-17/h2,4,11,14,16H,1,3,5-10,12H2. The van der Waals surface area contributed by atoms with Crippen molar-refractivity contribution in [1.82, 2.24) is 4.90 Å². The van der Waals surface area contributed by atoms with Gasteiger partial charge < -0.3 is 9.64 Å². The van der Waals surface area contributed by atoms with Crippen LogP contribution in [0, 0.1) is 5.92 Å². The SMILES string of the molecule is c1cc2c(cc1CCC1CC3CCN1CC3)CCO2. The Morgan fingerprint density at radius 1 is 1.21 bits per heavy atom. The van der Waals surface area contributed by atoms with Gasteiger partial charge in [-0.1, -0.05) is 12.1 Å². The first-order valence-electron chi connectivity index (χ1n) is 7.87. The number of ether oxygens (including phenoxy) is 1. The molecule has 19 heavy (non-hydrogen) atoms. The van der Waals surface area contributed by atoms with Crippen molar-refractivity contribution in [3.05, 3.63) is 29.3 Å². The Labute approximate surface area is 115 Å². The van der Waals surface area contributed by atoms with Gasteiger partial charge in [0.1, 0.15) is 5.75 Å². The molecule has 0 aliphatic carbocycles. The number of aryl methyl sites for hydroxylation is 1. The molecule has 4 heterocycles. The van der Waals surface area contributed by atoms with Gasteiger partial charge in [-0.2, -0.15) is 0 Å². The summed E-state index contributed by atoms with van der Waals surface area (Å²) in [6, 6.07) is 7.67. The highest BCUT2D eigenvalue weighted by Gasteiger charge is 2.32. The Balaban J connectivity index is 1.39. The Morgan fingerprint density at radius 3 is 2.89 bits per heavy atom. The van der Waals surface area contributed by atoms with Crippen LogP contribution in [0.2, 0.25) is 0 Å². The van der Waals surface area contributed by atoms with E-state index < -0.39 is 0 Å². The summed E-state index contributed by atoms with van der Waals surface area (Å²) in [5, 5.41) is 0. The van der Waals surface area contributed by atoms with E-state index in [1.54, 1.807) is 0 Å². The smallest absolute Gasteiger partial charge is 0.122 e. The summed E-state index contributed by atoms with van der Waals surface area (Å²) >= 11 is 0. The zero-order valence-corrected chi connectivity index (χ0v) is 11.6. The summed E-state index contributed by atoms with van der Waals surface area (Å²) in [6.07, 6.45) is 8.03. The minimum Gasteiger partial charge on any atom is -0.493 e. The normalized spacial score (nSPS) is 32.1. The minimum atomic E-state index is 0.858. The van der Waals surface area contributed by atoms with E-state index in [-0.39, 0.29) is 0 Å². The Morgan fingerprint density at radius 2 is 2.11 bits per heavy atom. The zero-order valence-electron chi connectivity index (χ0n) is 11.6. The van der Waals surface area contributed by atoms with E-state index in [1.165, 1.54) is 56.3 Å². The number of rotatable bonds is 3. The van der Waals surface area contributed by atoms with Crippen LogP contribution in [0.15, 0.2) is 18.2 Å². The maximum Gasteiger partial charge on any atom is 0.122 e. The van der Waals surface area contributed by atoms with Crippen LogP contribution >= 0.6 is 0 Å². The molecule has 2 heteroatoms. The van der Waals surface area contributed by atoms with Crippen molar-refractivity contribution in [3.8, 4) is 5.75 Å². The Hall–Kier alpha value is -1.02. The maximum atomic E-state index is 5.58. The van der Waals surface area contributed by atoms with Gasteiger partial charge in [0.2, 0.25) is 0 Å². The number of hydrogen-bond donors (Lipinski definition) is 0. The van der Waals surface area contributed by atoms with Crippen LogP contribution in [0.4, 0.5) is 0 Å². The minimum absolute atomic E-state index is 0.858. The highest BCUT2D eigenvalue weighted by molar-refractivity contribution is 5.39. The molecular weight excluding hydrogens is 234 g/mol. The fraction of sp³-hybridized carbons (Fsp3) is 0.647. The van der Waals surface area contributed by atoms with Crippen molar-refractivity contribution in [2.75, 3.05) is 19.7 Å². The van der Waals surface area contributed by atoms with E-state index in [4.69, 9.17) is 4.74 Å². The van der Waals surface area contributed by atoms with Gasteiger partial charge in [0.15, 0.2) is 0 Å². The molecule has 102 valence electrons. The zero-order chi connectivity index (χ0) is 12.7. The van der Waals surface area contributed by atoms with Gasteiger partial charge in [-0.25, -0.2) is 0 Å². The average Bonchev–Trinajstić information content (AvgIpc) is 2.94. The van der Waals surface area contributed by atoms with Crippen LogP contribution in [0.1, 0.15) is 36.8 Å². The number of benzene rings is 1. The van der Waals surface area contributed by atoms with Crippen molar-refractivity contribution in [2.24, 2.45) is 5.92 Å². The van der Waals surface area contributed by atoms with E-state index in [0.717, 1.165) is 30.7 Å². The van der Waals surface area contributed by atoms with Crippen molar-refractivity contribution in [2.45, 2.75) is 44.6 Å². The van der Waals surface area contributed by atoms with Gasteiger partial charge in [-0.05, 0) is 68.3 Å². The highest BCUT2D eigenvalue weighted by atomic mass is 16.5. The number of nitrogens with zero attached hydrogens (tertiary/aromatic N) is 1. The highest BCUT2D eigenvalue weighted by Crippen LogP contribution is 2.34. The van der Waals surface area contributed by atoms with Gasteiger partial charge >= 0.3 is 0 Å². The lowest BCUT2D eigenvalue weighted by Gasteiger charge is -2.45. The van der Waals surface area contributed by atoms with Crippen LogP contribution < -0.4 is 4.74 Å². The first-order valence-corrected chi connectivity index (χ1v) is 7.87. The fourth-order valence-corrected chi connectivity index (χ4v) is 4.12. The third kappa shape index (κ3) is 2.27. The fourth-order valence-electron chi connectivity index (χ4n) is 4.12. The molecule has 1 unspecified atom stereocenters. The summed E-state index contributed by atoms with van der Waals surface area (Å²) in [7, 11) is 0. The predicted octanol–water partition coefficient (Wildman–Crippen LogP) is 3.04. The van der Waals surface area contributed by atoms with Gasteiger partial charge in [0.05, 0.1) is 6.61 Å². The molecule has 3 saturated heterocycles. The molecule has 1 aromatic carbocycles. The van der Waals surface area contributed by atoms with Crippen molar-refractivity contribution < 1.29 is 4.74 Å². The van der Waals surface area contributed by atoms with Crippen LogP contribution in [0.3, 0.4) is 0 Å². The van der Waals surface area contributed by atoms with Gasteiger partial charge in [-0.3, -0.25) is 0 Å². The molecule has 4 aliphatic rings. The average molecular weight is 257 g/mol. The number of piperidine rings is 3. The van der Waals surface area contributed by atoms with Crippen molar-refractivity contribution in [1.29, 1.82) is 0 Å². The lowest BCUT2D eigenvalue weighted by atomic mass is 9.81. The molecule has 2 bridgehead atoms. The monoisotopic (exact) mass is 257 g/mol. The third-order valence-electron chi connectivity index (χ3n) is 5.29. The third-order valence-corrected chi connectivity index (χ3v) is 5.29. The summed E-state index contributed by atoms with van der Waals surface area (Å²) in [4.78, 5) is 2.73. The van der Waals surface area contributed by atoms with Crippen LogP contribution in [-0.4, -0.2) is 30.6 Å². The topological polar surface area (TPSA) is 12.5 Å². The second-order valence-corrected chi connectivity index (χ2v) is 6.45. The summed E-state index contributed by atoms with van der Waals surface area (Å²) in [5.74, 6) is 2.15. The quantitative estimate of drug-likeness (QED) is 0.825. The molecule has 0 radical (unpaired) electrons. The first-order chi connectivity index (χ1) is 9.38. The number of hydrogen-bond acceptors (Lipinski definition) is 2. The van der Waals surface area contributed by atoms with Crippen LogP contribution in [0.5, 0.6) is 5.75 Å². The van der Waals surface area contributed by atoms with Gasteiger partial charge in [-0.15, -0.1) is 0 Å². The molecule has 0 N–H and O–H groups in total. The molecule has 0 saturated carbocycles. The molecule has 1 atom stereocenters. The molecule has 4 aliphatic heterocycles. The molecule has 1 aromatic rings. The molecule has 2 nitrogen and oxygen atoms in total. The first kappa shape index (κ1) is 11.8.